The van der Waals surface area contributed by atoms with Gasteiger partial charge in [0.1, 0.15) is 10.8 Å². The van der Waals surface area contributed by atoms with Crippen molar-refractivity contribution >= 4 is 23.1 Å². The number of hydrogen-bond donors (Lipinski definition) is 0. The highest BCUT2D eigenvalue weighted by atomic mass is 32.2. The second-order valence-electron chi connectivity index (χ2n) is 5.37. The Hall–Kier alpha value is -2.71. The molecule has 8 heteroatoms. The maximum atomic E-state index is 5.19. The zero-order chi connectivity index (χ0) is 17.8. The average molecular weight is 381 g/mol. The summed E-state index contributed by atoms with van der Waals surface area (Å²) in [7, 11) is 1.64. The van der Waals surface area contributed by atoms with Gasteiger partial charge in [0.15, 0.2) is 0 Å². The van der Waals surface area contributed by atoms with Crippen molar-refractivity contribution in [3.63, 3.8) is 0 Å². The summed E-state index contributed by atoms with van der Waals surface area (Å²) in [6.45, 7) is 0. The van der Waals surface area contributed by atoms with Crippen molar-refractivity contribution < 1.29 is 4.74 Å². The van der Waals surface area contributed by atoms with Gasteiger partial charge in [-0.05, 0) is 34.7 Å². The molecule has 0 aliphatic rings. The van der Waals surface area contributed by atoms with Crippen LogP contribution in [0.5, 0.6) is 5.75 Å². The molecule has 0 saturated carbocycles. The Morgan fingerprint density at radius 3 is 2.65 bits per heavy atom. The second-order valence-corrected chi connectivity index (χ2v) is 7.17. The topological polar surface area (TPSA) is 65.7 Å². The second kappa shape index (κ2) is 7.67. The zero-order valence-corrected chi connectivity index (χ0v) is 15.6. The first-order valence-electron chi connectivity index (χ1n) is 7.89. The average Bonchev–Trinajstić information content (AvgIpc) is 3.36. The summed E-state index contributed by atoms with van der Waals surface area (Å²) in [5, 5.41) is 15.8. The van der Waals surface area contributed by atoms with E-state index in [0.717, 1.165) is 32.9 Å². The van der Waals surface area contributed by atoms with Gasteiger partial charge in [0.25, 0.3) is 0 Å². The van der Waals surface area contributed by atoms with E-state index in [0.29, 0.717) is 5.75 Å². The van der Waals surface area contributed by atoms with E-state index in [2.05, 4.69) is 33.0 Å². The zero-order valence-electron chi connectivity index (χ0n) is 13.9. The first-order chi connectivity index (χ1) is 12.8. The van der Waals surface area contributed by atoms with Crippen LogP contribution in [0.15, 0.2) is 65.1 Å². The third kappa shape index (κ3) is 3.61. The van der Waals surface area contributed by atoms with E-state index >= 15 is 0 Å². The Morgan fingerprint density at radius 1 is 1.08 bits per heavy atom. The van der Waals surface area contributed by atoms with Gasteiger partial charge in [-0.15, -0.1) is 16.4 Å². The van der Waals surface area contributed by atoms with E-state index in [4.69, 9.17) is 9.72 Å². The molecule has 26 heavy (non-hydrogen) atoms. The number of aromatic nitrogens is 5. The molecule has 0 radical (unpaired) electrons. The molecule has 0 N–H and O–H groups in total. The molecule has 4 rings (SSSR count). The Bertz CT molecular complexity index is 982. The summed E-state index contributed by atoms with van der Waals surface area (Å²) >= 11 is 3.21. The molecule has 2 aromatic heterocycles. The number of thioether (sulfide) groups is 1. The maximum Gasteiger partial charge on any atom is 0.214 e. The molecule has 4 aromatic rings. The lowest BCUT2D eigenvalue weighted by atomic mass is 10.2. The standard InChI is InChI=1S/C18H15N5OS2/c1-24-16-9-7-15(8-10-16)23-18(20-21-22-23)26-12-14-11-25-17(19-14)13-5-3-2-4-6-13/h2-11H,12H2,1H3. The first-order valence-corrected chi connectivity index (χ1v) is 9.75. The SMILES string of the molecule is COc1ccc(-n2nnnc2SCc2csc(-c3ccccc3)n2)cc1. The van der Waals surface area contributed by atoms with Crippen LogP contribution in [0.4, 0.5) is 0 Å². The van der Waals surface area contributed by atoms with Crippen molar-refractivity contribution in [1.82, 2.24) is 25.2 Å². The molecule has 0 amide bonds. The summed E-state index contributed by atoms with van der Waals surface area (Å²) in [6, 6.07) is 17.8. The van der Waals surface area contributed by atoms with E-state index in [1.165, 1.54) is 0 Å². The Balaban J connectivity index is 1.47. The van der Waals surface area contributed by atoms with Crippen molar-refractivity contribution in [3.8, 4) is 22.0 Å². The van der Waals surface area contributed by atoms with Gasteiger partial charge in [0.05, 0.1) is 18.5 Å². The molecule has 2 heterocycles. The predicted octanol–water partition coefficient (Wildman–Crippen LogP) is 4.09. The fraction of sp³-hybridized carbons (Fsp3) is 0.111. The number of ether oxygens (including phenoxy) is 1. The van der Waals surface area contributed by atoms with Crippen LogP contribution >= 0.6 is 23.1 Å². The van der Waals surface area contributed by atoms with Gasteiger partial charge < -0.3 is 4.74 Å². The van der Waals surface area contributed by atoms with Gasteiger partial charge in [0, 0.05) is 16.7 Å². The summed E-state index contributed by atoms with van der Waals surface area (Å²) in [5.74, 6) is 1.51. The lowest BCUT2D eigenvalue weighted by Crippen LogP contribution is -1.99. The van der Waals surface area contributed by atoms with Crippen LogP contribution in [-0.2, 0) is 5.75 Å². The first kappa shape index (κ1) is 16.7. The number of methoxy groups -OCH3 is 1. The van der Waals surface area contributed by atoms with Crippen molar-refractivity contribution in [1.29, 1.82) is 0 Å². The Kier molecular flexibility index (Phi) is 4.94. The number of hydrogen-bond acceptors (Lipinski definition) is 7. The smallest absolute Gasteiger partial charge is 0.214 e. The number of rotatable bonds is 6. The maximum absolute atomic E-state index is 5.19. The molecule has 0 spiro atoms. The van der Waals surface area contributed by atoms with Gasteiger partial charge in [0.2, 0.25) is 5.16 Å². The summed E-state index contributed by atoms with van der Waals surface area (Å²) in [4.78, 5) is 4.71. The van der Waals surface area contributed by atoms with Gasteiger partial charge >= 0.3 is 0 Å². The summed E-state index contributed by atoms with van der Waals surface area (Å²) in [6.07, 6.45) is 0. The third-order valence-corrected chi connectivity index (χ3v) is 5.57. The lowest BCUT2D eigenvalue weighted by Gasteiger charge is -2.05. The monoisotopic (exact) mass is 381 g/mol. The molecule has 0 fully saturated rings. The van der Waals surface area contributed by atoms with Gasteiger partial charge in [-0.25, -0.2) is 4.98 Å². The largest absolute Gasteiger partial charge is 0.497 e. The lowest BCUT2D eigenvalue weighted by molar-refractivity contribution is 0.414. The molecule has 0 aliphatic carbocycles. The highest BCUT2D eigenvalue weighted by Crippen LogP contribution is 2.28. The molecule has 2 aromatic carbocycles. The molecular weight excluding hydrogens is 366 g/mol. The number of thiazole rings is 1. The van der Waals surface area contributed by atoms with E-state index in [-0.39, 0.29) is 0 Å². The molecule has 130 valence electrons. The Labute approximate surface area is 158 Å². The van der Waals surface area contributed by atoms with Crippen molar-refractivity contribution in [2.75, 3.05) is 7.11 Å². The fourth-order valence-corrected chi connectivity index (χ4v) is 4.09. The molecule has 6 nitrogen and oxygen atoms in total. The van der Waals surface area contributed by atoms with Crippen LogP contribution in [0, 0.1) is 0 Å². The number of benzene rings is 2. The minimum atomic E-state index is 0.708. The molecular formula is C18H15N5OS2. The highest BCUT2D eigenvalue weighted by Gasteiger charge is 2.11. The minimum Gasteiger partial charge on any atom is -0.497 e. The molecule has 0 saturated heterocycles. The normalized spacial score (nSPS) is 10.8. The van der Waals surface area contributed by atoms with Crippen LogP contribution in [0.1, 0.15) is 5.69 Å². The predicted molar refractivity (Wildman–Crippen MR) is 103 cm³/mol. The van der Waals surface area contributed by atoms with Crippen molar-refractivity contribution in [2.24, 2.45) is 0 Å². The summed E-state index contributed by atoms with van der Waals surface area (Å²) in [5.41, 5.74) is 3.04. The van der Waals surface area contributed by atoms with E-state index in [1.54, 1.807) is 34.9 Å². The molecule has 0 atom stereocenters. The summed E-state index contributed by atoms with van der Waals surface area (Å²) < 4.78 is 6.90. The van der Waals surface area contributed by atoms with E-state index in [1.807, 2.05) is 42.5 Å². The van der Waals surface area contributed by atoms with Crippen LogP contribution in [-0.4, -0.2) is 32.3 Å². The number of nitrogens with zero attached hydrogens (tertiary/aromatic N) is 5. The van der Waals surface area contributed by atoms with Gasteiger partial charge in [-0.1, -0.05) is 42.1 Å². The van der Waals surface area contributed by atoms with Gasteiger partial charge in [-0.2, -0.15) is 4.68 Å². The van der Waals surface area contributed by atoms with E-state index < -0.39 is 0 Å². The third-order valence-electron chi connectivity index (χ3n) is 3.68. The highest BCUT2D eigenvalue weighted by molar-refractivity contribution is 7.98. The Morgan fingerprint density at radius 2 is 1.88 bits per heavy atom. The number of tetrazole rings is 1. The van der Waals surface area contributed by atoms with Crippen LogP contribution < -0.4 is 4.74 Å². The van der Waals surface area contributed by atoms with Gasteiger partial charge in [-0.3, -0.25) is 0 Å². The van der Waals surface area contributed by atoms with Crippen LogP contribution in [0.2, 0.25) is 0 Å². The van der Waals surface area contributed by atoms with Crippen LogP contribution in [0.25, 0.3) is 16.3 Å². The minimum absolute atomic E-state index is 0.708. The van der Waals surface area contributed by atoms with Crippen LogP contribution in [0.3, 0.4) is 0 Å². The fourth-order valence-electron chi connectivity index (χ4n) is 2.38. The quantitative estimate of drug-likeness (QED) is 0.469. The molecule has 0 aliphatic heterocycles. The van der Waals surface area contributed by atoms with Crippen molar-refractivity contribution in [2.45, 2.75) is 10.9 Å². The molecule has 0 bridgehead atoms. The van der Waals surface area contributed by atoms with E-state index in [9.17, 15) is 0 Å². The molecule has 0 unspecified atom stereocenters. The van der Waals surface area contributed by atoms with Crippen molar-refractivity contribution in [3.05, 3.63) is 65.7 Å².